The number of nitrogens with one attached hydrogen (secondary N) is 1. The van der Waals surface area contributed by atoms with Gasteiger partial charge in [-0.2, -0.15) is 0 Å². The van der Waals surface area contributed by atoms with Crippen molar-refractivity contribution in [3.8, 4) is 0 Å². The summed E-state index contributed by atoms with van der Waals surface area (Å²) in [5, 5.41) is 3.57. The SMILES string of the molecule is CCC1(CC)CC(Nc2nc(Br)cn3ccnc23)CCO1. The number of rotatable bonds is 4. The topological polar surface area (TPSA) is 51.5 Å². The lowest BCUT2D eigenvalue weighted by Crippen LogP contribution is -2.43. The molecule has 1 aliphatic rings. The molecule has 3 heterocycles. The Morgan fingerprint density at radius 2 is 2.29 bits per heavy atom. The van der Waals surface area contributed by atoms with E-state index in [4.69, 9.17) is 4.74 Å². The van der Waals surface area contributed by atoms with Gasteiger partial charge in [-0.25, -0.2) is 9.97 Å². The van der Waals surface area contributed by atoms with Crippen molar-refractivity contribution in [1.29, 1.82) is 0 Å². The third kappa shape index (κ3) is 2.92. The van der Waals surface area contributed by atoms with Crippen LogP contribution in [-0.2, 0) is 4.74 Å². The number of imidazole rings is 1. The lowest BCUT2D eigenvalue weighted by Gasteiger charge is -2.40. The molecule has 5 nitrogen and oxygen atoms in total. The zero-order valence-corrected chi connectivity index (χ0v) is 14.1. The number of anilines is 1. The molecule has 114 valence electrons. The summed E-state index contributed by atoms with van der Waals surface area (Å²) in [7, 11) is 0. The van der Waals surface area contributed by atoms with Crippen LogP contribution in [0.1, 0.15) is 39.5 Å². The number of fused-ring (bicyclic) bond motifs is 1. The summed E-state index contributed by atoms with van der Waals surface area (Å²) < 4.78 is 8.82. The summed E-state index contributed by atoms with van der Waals surface area (Å²) in [6, 6.07) is 0.376. The van der Waals surface area contributed by atoms with Gasteiger partial charge in [-0.05, 0) is 41.6 Å². The van der Waals surface area contributed by atoms with E-state index in [0.717, 1.165) is 48.4 Å². The van der Waals surface area contributed by atoms with Crippen LogP contribution in [-0.4, -0.2) is 32.6 Å². The van der Waals surface area contributed by atoms with Crippen LogP contribution in [0.5, 0.6) is 0 Å². The second-order valence-corrected chi connectivity index (χ2v) is 6.46. The Hall–Kier alpha value is -1.14. The van der Waals surface area contributed by atoms with Crippen LogP contribution in [0.25, 0.3) is 5.65 Å². The van der Waals surface area contributed by atoms with Gasteiger partial charge in [0.1, 0.15) is 4.60 Å². The molecule has 1 fully saturated rings. The lowest BCUT2D eigenvalue weighted by molar-refractivity contribution is -0.0864. The first-order valence-electron chi connectivity index (χ1n) is 7.55. The fraction of sp³-hybridized carbons (Fsp3) is 0.600. The summed E-state index contributed by atoms with van der Waals surface area (Å²) in [6.07, 6.45) is 9.75. The first-order chi connectivity index (χ1) is 10.2. The van der Waals surface area contributed by atoms with E-state index >= 15 is 0 Å². The molecule has 3 rings (SSSR count). The molecule has 0 aliphatic carbocycles. The van der Waals surface area contributed by atoms with Gasteiger partial charge < -0.3 is 14.5 Å². The average molecular weight is 353 g/mol. The Morgan fingerprint density at radius 1 is 1.48 bits per heavy atom. The van der Waals surface area contributed by atoms with Gasteiger partial charge in [0.2, 0.25) is 0 Å². The normalized spacial score (nSPS) is 21.6. The van der Waals surface area contributed by atoms with Gasteiger partial charge in [0, 0.05) is 31.2 Å². The summed E-state index contributed by atoms with van der Waals surface area (Å²) in [4.78, 5) is 8.94. The Kier molecular flexibility index (Phi) is 4.17. The second kappa shape index (κ2) is 5.93. The standard InChI is InChI=1S/C15H21BrN4O/c1-3-15(4-2)9-11(5-8-21-15)18-13-14-17-6-7-20(14)10-12(16)19-13/h6-7,10-11H,3-5,8-9H2,1-2H3,(H,18,19). The van der Waals surface area contributed by atoms with Crippen LogP contribution < -0.4 is 5.32 Å². The van der Waals surface area contributed by atoms with Gasteiger partial charge in [-0.15, -0.1) is 0 Å². The highest BCUT2D eigenvalue weighted by molar-refractivity contribution is 9.10. The first-order valence-corrected chi connectivity index (χ1v) is 8.35. The Labute approximate surface area is 133 Å². The minimum atomic E-state index is 0.00758. The Morgan fingerprint density at radius 3 is 3.05 bits per heavy atom. The second-order valence-electron chi connectivity index (χ2n) is 5.64. The van der Waals surface area contributed by atoms with E-state index in [1.807, 2.05) is 16.8 Å². The van der Waals surface area contributed by atoms with Crippen molar-refractivity contribution in [1.82, 2.24) is 14.4 Å². The van der Waals surface area contributed by atoms with Crippen LogP contribution >= 0.6 is 15.9 Å². The largest absolute Gasteiger partial charge is 0.375 e. The van der Waals surface area contributed by atoms with Gasteiger partial charge in [0.15, 0.2) is 11.5 Å². The predicted octanol–water partition coefficient (Wildman–Crippen LogP) is 3.64. The maximum atomic E-state index is 6.04. The fourth-order valence-corrected chi connectivity index (χ4v) is 3.48. The summed E-state index contributed by atoms with van der Waals surface area (Å²) in [5.74, 6) is 0.836. The quantitative estimate of drug-likeness (QED) is 0.912. The fourth-order valence-electron chi connectivity index (χ4n) is 3.08. The van der Waals surface area contributed by atoms with Crippen molar-refractivity contribution >= 4 is 27.4 Å². The summed E-state index contributed by atoms with van der Waals surface area (Å²) >= 11 is 3.46. The van der Waals surface area contributed by atoms with Gasteiger partial charge in [0.05, 0.1) is 5.60 Å². The molecule has 1 aliphatic heterocycles. The molecule has 1 unspecified atom stereocenters. The first kappa shape index (κ1) is 14.8. The third-order valence-electron chi connectivity index (χ3n) is 4.47. The number of hydrogen-bond donors (Lipinski definition) is 1. The van der Waals surface area contributed by atoms with E-state index < -0.39 is 0 Å². The number of ether oxygens (including phenoxy) is 1. The van der Waals surface area contributed by atoms with Crippen LogP contribution in [0.3, 0.4) is 0 Å². The van der Waals surface area contributed by atoms with E-state index in [-0.39, 0.29) is 5.60 Å². The lowest BCUT2D eigenvalue weighted by atomic mass is 9.86. The Bertz CT molecular complexity index is 623. The molecule has 6 heteroatoms. The molecule has 0 bridgehead atoms. The molecule has 0 spiro atoms. The molecular weight excluding hydrogens is 332 g/mol. The maximum absolute atomic E-state index is 6.04. The number of aromatic nitrogens is 3. The van der Waals surface area contributed by atoms with Crippen LogP contribution in [0.15, 0.2) is 23.2 Å². The molecule has 1 atom stereocenters. The smallest absolute Gasteiger partial charge is 0.180 e. The van der Waals surface area contributed by atoms with E-state index in [1.54, 1.807) is 6.20 Å². The zero-order chi connectivity index (χ0) is 14.9. The molecule has 1 N–H and O–H groups in total. The predicted molar refractivity (Wildman–Crippen MR) is 86.6 cm³/mol. The van der Waals surface area contributed by atoms with Crippen LogP contribution in [0.4, 0.5) is 5.82 Å². The van der Waals surface area contributed by atoms with E-state index in [9.17, 15) is 0 Å². The van der Waals surface area contributed by atoms with Crippen molar-refractivity contribution in [3.63, 3.8) is 0 Å². The highest BCUT2D eigenvalue weighted by Crippen LogP contribution is 2.33. The molecule has 0 saturated carbocycles. The summed E-state index contributed by atoms with van der Waals surface area (Å²) in [6.45, 7) is 5.21. The van der Waals surface area contributed by atoms with E-state index in [0.29, 0.717) is 6.04 Å². The van der Waals surface area contributed by atoms with Crippen molar-refractivity contribution in [3.05, 3.63) is 23.2 Å². The molecule has 0 amide bonds. The molecule has 1 saturated heterocycles. The van der Waals surface area contributed by atoms with Gasteiger partial charge in [-0.1, -0.05) is 13.8 Å². The molecule has 2 aromatic heterocycles. The highest BCUT2D eigenvalue weighted by Gasteiger charge is 2.34. The highest BCUT2D eigenvalue weighted by atomic mass is 79.9. The molecule has 2 aromatic rings. The average Bonchev–Trinajstić information content (AvgIpc) is 2.95. The van der Waals surface area contributed by atoms with Crippen molar-refractivity contribution < 1.29 is 4.74 Å². The van der Waals surface area contributed by atoms with Crippen LogP contribution in [0, 0.1) is 0 Å². The molecular formula is C15H21BrN4O. The number of hydrogen-bond acceptors (Lipinski definition) is 4. The number of nitrogens with zero attached hydrogens (tertiary/aromatic N) is 3. The van der Waals surface area contributed by atoms with Gasteiger partial charge in [0.25, 0.3) is 0 Å². The maximum Gasteiger partial charge on any atom is 0.180 e. The Balaban J connectivity index is 1.83. The zero-order valence-electron chi connectivity index (χ0n) is 12.5. The minimum Gasteiger partial charge on any atom is -0.375 e. The van der Waals surface area contributed by atoms with E-state index in [1.165, 1.54) is 0 Å². The molecule has 0 aromatic carbocycles. The number of halogens is 1. The molecule has 21 heavy (non-hydrogen) atoms. The third-order valence-corrected chi connectivity index (χ3v) is 4.85. The molecule has 0 radical (unpaired) electrons. The monoisotopic (exact) mass is 352 g/mol. The van der Waals surface area contributed by atoms with Gasteiger partial charge >= 0.3 is 0 Å². The van der Waals surface area contributed by atoms with Crippen molar-refractivity contribution in [2.75, 3.05) is 11.9 Å². The van der Waals surface area contributed by atoms with Crippen molar-refractivity contribution in [2.45, 2.75) is 51.2 Å². The van der Waals surface area contributed by atoms with Crippen LogP contribution in [0.2, 0.25) is 0 Å². The van der Waals surface area contributed by atoms with Gasteiger partial charge in [-0.3, -0.25) is 0 Å². The van der Waals surface area contributed by atoms with Crippen molar-refractivity contribution in [2.24, 2.45) is 0 Å². The summed E-state index contributed by atoms with van der Waals surface area (Å²) in [5.41, 5.74) is 0.872. The van der Waals surface area contributed by atoms with E-state index in [2.05, 4.69) is 45.1 Å². The minimum absolute atomic E-state index is 0.00758.